The van der Waals surface area contributed by atoms with Crippen LogP contribution in [0.2, 0.25) is 0 Å². The van der Waals surface area contributed by atoms with Crippen molar-refractivity contribution >= 4 is 23.1 Å². The van der Waals surface area contributed by atoms with E-state index in [2.05, 4.69) is 115 Å². The van der Waals surface area contributed by atoms with Gasteiger partial charge in [-0.1, -0.05) is 139 Å². The molecule has 0 spiro atoms. The summed E-state index contributed by atoms with van der Waals surface area (Å²) in [5, 5.41) is 0.458. The van der Waals surface area contributed by atoms with Crippen LogP contribution in [-0.2, 0) is 5.41 Å². The zero-order valence-electron chi connectivity index (χ0n) is 21.3. The Morgan fingerprint density at radius 1 is 0.538 bits per heavy atom. The van der Waals surface area contributed by atoms with Crippen molar-refractivity contribution in [3.63, 3.8) is 0 Å². The van der Waals surface area contributed by atoms with E-state index in [-0.39, 0.29) is 0 Å². The number of amidine groups is 1. The molecular weight excluding hydrogens is 496 g/mol. The third kappa shape index (κ3) is 3.88. The van der Waals surface area contributed by atoms with E-state index in [4.69, 9.17) is 21.6 Å². The van der Waals surface area contributed by atoms with Crippen molar-refractivity contribution in [2.75, 3.05) is 0 Å². The van der Waals surface area contributed by atoms with Crippen LogP contribution in [0.4, 0.5) is 0 Å². The molecule has 0 fully saturated rings. The fourth-order valence-corrected chi connectivity index (χ4v) is 6.23. The Balaban J connectivity index is 1.47. The molecule has 0 atom stereocenters. The summed E-state index contributed by atoms with van der Waals surface area (Å²) in [7, 11) is 0. The van der Waals surface area contributed by atoms with Crippen molar-refractivity contribution in [2.45, 2.75) is 11.8 Å². The van der Waals surface area contributed by atoms with Crippen molar-refractivity contribution in [3.8, 4) is 11.1 Å². The van der Waals surface area contributed by atoms with E-state index >= 15 is 0 Å². The lowest BCUT2D eigenvalue weighted by atomic mass is 9.67. The SMILES string of the molecule is ClC1=CCC(c2ccccc2)=NC(c2cccc(C3(c4ccccc4)c4ccccc4-c4ccccc43)c2)=N1. The molecule has 7 rings (SSSR count). The lowest BCUT2D eigenvalue weighted by molar-refractivity contribution is 0.768. The first-order chi connectivity index (χ1) is 19.2. The number of hydrogen-bond donors (Lipinski definition) is 0. The topological polar surface area (TPSA) is 24.7 Å². The van der Waals surface area contributed by atoms with Crippen LogP contribution in [0, 0.1) is 0 Å². The predicted octanol–water partition coefficient (Wildman–Crippen LogP) is 8.77. The third-order valence-corrected chi connectivity index (χ3v) is 7.98. The molecule has 39 heavy (non-hydrogen) atoms. The van der Waals surface area contributed by atoms with Crippen molar-refractivity contribution in [2.24, 2.45) is 9.98 Å². The fraction of sp³-hybridized carbons (Fsp3) is 0.0556. The van der Waals surface area contributed by atoms with E-state index in [0.29, 0.717) is 17.4 Å². The minimum absolute atomic E-state index is 0.458. The standard InChI is InChI=1S/C36H25ClN2/c37-34-23-22-33(25-12-3-1-4-13-25)38-35(39-34)26-14-11-17-28(24-26)36(27-15-5-2-6-16-27)31-20-9-7-18-29(31)30-19-8-10-21-32(30)36/h1-21,23-24H,22H2. The molecule has 186 valence electrons. The minimum atomic E-state index is -0.471. The van der Waals surface area contributed by atoms with Gasteiger partial charge in [0.15, 0.2) is 5.84 Å². The van der Waals surface area contributed by atoms with Crippen LogP contribution in [0.5, 0.6) is 0 Å². The molecule has 0 amide bonds. The van der Waals surface area contributed by atoms with Crippen LogP contribution in [0.3, 0.4) is 0 Å². The van der Waals surface area contributed by atoms with Gasteiger partial charge in [-0.05, 0) is 51.1 Å². The van der Waals surface area contributed by atoms with Gasteiger partial charge in [0.2, 0.25) is 0 Å². The number of allylic oxidation sites excluding steroid dienone is 1. The summed E-state index contributed by atoms with van der Waals surface area (Å²) in [6.45, 7) is 0. The Bertz CT molecular complexity index is 1740. The second-order valence-electron chi connectivity index (χ2n) is 9.88. The maximum atomic E-state index is 6.54. The number of nitrogens with zero attached hydrogens (tertiary/aromatic N) is 2. The van der Waals surface area contributed by atoms with Gasteiger partial charge in [0.05, 0.1) is 11.1 Å². The van der Waals surface area contributed by atoms with Gasteiger partial charge in [-0.25, -0.2) is 9.98 Å². The molecule has 2 aliphatic rings. The number of aliphatic imine (C=N–C) groups is 2. The second kappa shape index (κ2) is 9.65. The van der Waals surface area contributed by atoms with Gasteiger partial charge in [-0.15, -0.1) is 0 Å². The molecule has 5 aromatic rings. The summed E-state index contributed by atoms with van der Waals surface area (Å²) in [5.41, 5.74) is 9.99. The van der Waals surface area contributed by atoms with Gasteiger partial charge in [0, 0.05) is 12.0 Å². The average molecular weight is 521 g/mol. The molecule has 2 nitrogen and oxygen atoms in total. The molecule has 0 unspecified atom stereocenters. The summed E-state index contributed by atoms with van der Waals surface area (Å²) in [4.78, 5) is 9.78. The summed E-state index contributed by atoms with van der Waals surface area (Å²) < 4.78 is 0. The summed E-state index contributed by atoms with van der Waals surface area (Å²) >= 11 is 6.54. The summed E-state index contributed by atoms with van der Waals surface area (Å²) in [6.07, 6.45) is 2.56. The van der Waals surface area contributed by atoms with Crippen LogP contribution in [0.15, 0.2) is 155 Å². The highest BCUT2D eigenvalue weighted by molar-refractivity contribution is 6.31. The second-order valence-corrected chi connectivity index (χ2v) is 10.3. The number of rotatable bonds is 4. The molecular formula is C36H25ClN2. The Morgan fingerprint density at radius 3 is 1.79 bits per heavy atom. The van der Waals surface area contributed by atoms with Crippen molar-refractivity contribution in [1.29, 1.82) is 0 Å². The minimum Gasteiger partial charge on any atom is -0.232 e. The summed E-state index contributed by atoms with van der Waals surface area (Å²) in [6, 6.07) is 47.2. The van der Waals surface area contributed by atoms with Crippen molar-refractivity contribution < 1.29 is 0 Å². The van der Waals surface area contributed by atoms with E-state index in [1.54, 1.807) is 0 Å². The molecule has 1 aliphatic carbocycles. The van der Waals surface area contributed by atoms with E-state index in [0.717, 1.165) is 16.8 Å². The zero-order valence-corrected chi connectivity index (χ0v) is 22.0. The van der Waals surface area contributed by atoms with Gasteiger partial charge in [-0.2, -0.15) is 0 Å². The Labute approximate surface area is 233 Å². The molecule has 0 bridgehead atoms. The van der Waals surface area contributed by atoms with Crippen molar-refractivity contribution in [1.82, 2.24) is 0 Å². The maximum Gasteiger partial charge on any atom is 0.161 e. The highest BCUT2D eigenvalue weighted by atomic mass is 35.5. The number of benzene rings is 5. The van der Waals surface area contributed by atoms with Crippen LogP contribution >= 0.6 is 11.6 Å². The van der Waals surface area contributed by atoms with Crippen LogP contribution in [0.1, 0.15) is 39.8 Å². The zero-order chi connectivity index (χ0) is 26.2. The molecule has 0 saturated carbocycles. The quantitative estimate of drug-likeness (QED) is 0.207. The van der Waals surface area contributed by atoms with Gasteiger partial charge >= 0.3 is 0 Å². The largest absolute Gasteiger partial charge is 0.232 e. The molecule has 3 heteroatoms. The van der Waals surface area contributed by atoms with Gasteiger partial charge in [0.1, 0.15) is 5.16 Å². The first-order valence-electron chi connectivity index (χ1n) is 13.2. The molecule has 1 heterocycles. The maximum absolute atomic E-state index is 6.54. The Morgan fingerprint density at radius 2 is 1.10 bits per heavy atom. The lowest BCUT2D eigenvalue weighted by Crippen LogP contribution is -2.28. The normalized spacial score (nSPS) is 15.4. The summed E-state index contributed by atoms with van der Waals surface area (Å²) in [5.74, 6) is 0.622. The van der Waals surface area contributed by atoms with E-state index in [1.807, 2.05) is 24.3 Å². The van der Waals surface area contributed by atoms with E-state index in [9.17, 15) is 0 Å². The van der Waals surface area contributed by atoms with Gasteiger partial charge in [-0.3, -0.25) is 0 Å². The predicted molar refractivity (Wildman–Crippen MR) is 162 cm³/mol. The number of fused-ring (bicyclic) bond motifs is 3. The van der Waals surface area contributed by atoms with Crippen LogP contribution in [0.25, 0.3) is 11.1 Å². The van der Waals surface area contributed by atoms with E-state index in [1.165, 1.54) is 33.4 Å². The smallest absolute Gasteiger partial charge is 0.161 e. The number of halogens is 1. The number of hydrogen-bond acceptors (Lipinski definition) is 2. The molecule has 0 aromatic heterocycles. The molecule has 0 N–H and O–H groups in total. The first kappa shape index (κ1) is 23.6. The van der Waals surface area contributed by atoms with Gasteiger partial charge in [0.25, 0.3) is 0 Å². The van der Waals surface area contributed by atoms with Crippen LogP contribution in [-0.4, -0.2) is 11.5 Å². The molecule has 5 aromatic carbocycles. The Hall–Kier alpha value is -4.53. The third-order valence-electron chi connectivity index (χ3n) is 7.74. The lowest BCUT2D eigenvalue weighted by Gasteiger charge is -2.34. The first-order valence-corrected chi connectivity index (χ1v) is 13.6. The highest BCUT2D eigenvalue weighted by Crippen LogP contribution is 2.55. The average Bonchev–Trinajstić information content (AvgIpc) is 3.16. The Kier molecular flexibility index (Phi) is 5.83. The van der Waals surface area contributed by atoms with Gasteiger partial charge < -0.3 is 0 Å². The van der Waals surface area contributed by atoms with Crippen molar-refractivity contribution in [3.05, 3.63) is 178 Å². The fourth-order valence-electron chi connectivity index (χ4n) is 6.07. The highest BCUT2D eigenvalue weighted by Gasteiger charge is 2.45. The molecule has 0 saturated heterocycles. The monoisotopic (exact) mass is 520 g/mol. The van der Waals surface area contributed by atoms with Crippen LogP contribution < -0.4 is 0 Å². The molecule has 1 aliphatic heterocycles. The van der Waals surface area contributed by atoms with E-state index < -0.39 is 5.41 Å². The molecule has 0 radical (unpaired) electrons.